The summed E-state index contributed by atoms with van der Waals surface area (Å²) in [5.41, 5.74) is 0.0895. The van der Waals surface area contributed by atoms with E-state index in [1.807, 2.05) is 6.07 Å². The maximum absolute atomic E-state index is 12.1. The zero-order valence-corrected chi connectivity index (χ0v) is 13.9. The molecule has 1 heterocycles. The van der Waals surface area contributed by atoms with E-state index in [1.54, 1.807) is 31.2 Å². The molecule has 1 atom stereocenters. The number of carbonyl (C=O) groups excluding carboxylic acids is 1. The number of hydrogen-bond donors (Lipinski definition) is 2. The van der Waals surface area contributed by atoms with Crippen LogP contribution in [0.4, 0.5) is 0 Å². The Hall–Kier alpha value is -3.27. The van der Waals surface area contributed by atoms with E-state index >= 15 is 0 Å². The standard InChI is InChI=1S/C18H18N2O5/c1-11-9-15(21)17(23)18(25-11)14(10-16(22)20-8-7-19)12-3-5-13(24-2)6-4-12/h3-6,9,14,23H,8,10H2,1-2H3,(H,20,22). The molecule has 0 bridgehead atoms. The van der Waals surface area contributed by atoms with E-state index in [2.05, 4.69) is 5.32 Å². The highest BCUT2D eigenvalue weighted by Crippen LogP contribution is 2.33. The Kier molecular flexibility index (Phi) is 5.79. The molecule has 1 aromatic carbocycles. The van der Waals surface area contributed by atoms with Crippen LogP contribution in [0.3, 0.4) is 0 Å². The number of methoxy groups -OCH3 is 1. The third kappa shape index (κ3) is 4.38. The summed E-state index contributed by atoms with van der Waals surface area (Å²) in [4.78, 5) is 24.0. The first kappa shape index (κ1) is 18.1. The number of carbonyl (C=O) groups is 1. The normalized spacial score (nSPS) is 11.4. The fourth-order valence-electron chi connectivity index (χ4n) is 2.46. The summed E-state index contributed by atoms with van der Waals surface area (Å²) < 4.78 is 10.7. The zero-order chi connectivity index (χ0) is 18.4. The Morgan fingerprint density at radius 3 is 2.68 bits per heavy atom. The molecule has 0 aliphatic rings. The van der Waals surface area contributed by atoms with Gasteiger partial charge >= 0.3 is 0 Å². The molecule has 0 aliphatic heterocycles. The second-order valence-corrected chi connectivity index (χ2v) is 5.40. The van der Waals surface area contributed by atoms with E-state index in [0.717, 1.165) is 0 Å². The van der Waals surface area contributed by atoms with Crippen molar-refractivity contribution in [2.24, 2.45) is 0 Å². The summed E-state index contributed by atoms with van der Waals surface area (Å²) in [5.74, 6) is -0.634. The average molecular weight is 342 g/mol. The van der Waals surface area contributed by atoms with E-state index in [4.69, 9.17) is 14.4 Å². The van der Waals surface area contributed by atoms with Crippen molar-refractivity contribution in [1.82, 2.24) is 5.32 Å². The number of amides is 1. The lowest BCUT2D eigenvalue weighted by molar-refractivity contribution is -0.121. The third-order valence-corrected chi connectivity index (χ3v) is 3.66. The summed E-state index contributed by atoms with van der Waals surface area (Å²) >= 11 is 0. The van der Waals surface area contributed by atoms with Crippen molar-refractivity contribution in [2.45, 2.75) is 19.3 Å². The van der Waals surface area contributed by atoms with Crippen LogP contribution in [0.2, 0.25) is 0 Å². The fraction of sp³-hybridized carbons (Fsp3) is 0.278. The van der Waals surface area contributed by atoms with Crippen molar-refractivity contribution < 1.29 is 19.1 Å². The predicted molar refractivity (Wildman–Crippen MR) is 89.5 cm³/mol. The van der Waals surface area contributed by atoms with Crippen molar-refractivity contribution in [1.29, 1.82) is 5.26 Å². The number of aromatic hydroxyl groups is 1. The van der Waals surface area contributed by atoms with Gasteiger partial charge in [0.2, 0.25) is 17.1 Å². The molecule has 130 valence electrons. The lowest BCUT2D eigenvalue weighted by Crippen LogP contribution is -2.26. The molecule has 0 saturated carbocycles. The third-order valence-electron chi connectivity index (χ3n) is 3.66. The molecule has 0 spiro atoms. The number of aryl methyl sites for hydroxylation is 1. The first-order valence-corrected chi connectivity index (χ1v) is 7.57. The minimum atomic E-state index is -0.683. The Labute approximate surface area is 144 Å². The van der Waals surface area contributed by atoms with Gasteiger partial charge in [0.25, 0.3) is 0 Å². The van der Waals surface area contributed by atoms with Crippen LogP contribution in [0.25, 0.3) is 0 Å². The Balaban J connectivity index is 2.46. The quantitative estimate of drug-likeness (QED) is 0.774. The van der Waals surface area contributed by atoms with E-state index in [1.165, 1.54) is 13.2 Å². The molecule has 0 radical (unpaired) electrons. The van der Waals surface area contributed by atoms with Crippen molar-refractivity contribution in [3.63, 3.8) is 0 Å². The van der Waals surface area contributed by atoms with Crippen molar-refractivity contribution in [3.05, 3.63) is 57.6 Å². The van der Waals surface area contributed by atoms with Crippen LogP contribution >= 0.6 is 0 Å². The molecule has 1 amide bonds. The van der Waals surface area contributed by atoms with Gasteiger partial charge in [-0.05, 0) is 24.6 Å². The minimum Gasteiger partial charge on any atom is -0.502 e. The highest BCUT2D eigenvalue weighted by molar-refractivity contribution is 5.77. The van der Waals surface area contributed by atoms with Gasteiger partial charge in [0.15, 0.2) is 5.76 Å². The topological polar surface area (TPSA) is 113 Å². The Morgan fingerprint density at radius 1 is 1.40 bits per heavy atom. The highest BCUT2D eigenvalue weighted by Gasteiger charge is 2.25. The maximum atomic E-state index is 12.1. The molecule has 2 N–H and O–H groups in total. The summed E-state index contributed by atoms with van der Waals surface area (Å²) in [6.07, 6.45) is -0.0893. The van der Waals surface area contributed by atoms with Gasteiger partial charge < -0.3 is 19.6 Å². The largest absolute Gasteiger partial charge is 0.502 e. The molecule has 0 fully saturated rings. The number of hydrogen-bond acceptors (Lipinski definition) is 6. The smallest absolute Gasteiger partial charge is 0.227 e. The van der Waals surface area contributed by atoms with Gasteiger partial charge in [-0.2, -0.15) is 5.26 Å². The van der Waals surface area contributed by atoms with Crippen LogP contribution in [0, 0.1) is 18.3 Å². The number of ether oxygens (including phenoxy) is 1. The first-order chi connectivity index (χ1) is 12.0. The second-order valence-electron chi connectivity index (χ2n) is 5.40. The molecular formula is C18H18N2O5. The molecule has 7 nitrogen and oxygen atoms in total. The lowest BCUT2D eigenvalue weighted by Gasteiger charge is -2.17. The van der Waals surface area contributed by atoms with Crippen LogP contribution in [0.15, 0.2) is 39.5 Å². The molecule has 2 rings (SSSR count). The minimum absolute atomic E-state index is 0.0160. The maximum Gasteiger partial charge on any atom is 0.227 e. The van der Waals surface area contributed by atoms with Crippen LogP contribution < -0.4 is 15.5 Å². The van der Waals surface area contributed by atoms with E-state index in [0.29, 0.717) is 17.1 Å². The second kappa shape index (κ2) is 8.02. The molecule has 7 heteroatoms. The average Bonchev–Trinajstić information content (AvgIpc) is 2.61. The van der Waals surface area contributed by atoms with Gasteiger partial charge in [0, 0.05) is 12.5 Å². The van der Waals surface area contributed by atoms with Crippen LogP contribution in [-0.4, -0.2) is 24.7 Å². The SMILES string of the molecule is COc1ccc(C(CC(=O)NCC#N)c2oc(C)cc(=O)c2O)cc1. The Morgan fingerprint density at radius 2 is 2.08 bits per heavy atom. The number of benzene rings is 1. The predicted octanol–water partition coefficient (Wildman–Crippen LogP) is 1.82. The van der Waals surface area contributed by atoms with E-state index in [-0.39, 0.29) is 18.7 Å². The fourth-order valence-corrected chi connectivity index (χ4v) is 2.46. The van der Waals surface area contributed by atoms with Crippen LogP contribution in [0.5, 0.6) is 11.5 Å². The Bertz CT molecular complexity index is 849. The highest BCUT2D eigenvalue weighted by atomic mass is 16.5. The molecule has 1 unspecified atom stereocenters. The molecule has 0 aliphatic carbocycles. The summed E-state index contributed by atoms with van der Waals surface area (Å²) in [6.45, 7) is 1.46. The number of nitriles is 1. The van der Waals surface area contributed by atoms with E-state index < -0.39 is 23.0 Å². The molecular weight excluding hydrogens is 324 g/mol. The van der Waals surface area contributed by atoms with E-state index in [9.17, 15) is 14.7 Å². The molecule has 1 aromatic heterocycles. The summed E-state index contributed by atoms with van der Waals surface area (Å²) in [6, 6.07) is 9.87. The summed E-state index contributed by atoms with van der Waals surface area (Å²) in [7, 11) is 1.53. The van der Waals surface area contributed by atoms with Gasteiger partial charge in [-0.15, -0.1) is 0 Å². The summed E-state index contributed by atoms with van der Waals surface area (Å²) in [5, 5.41) is 21.2. The van der Waals surface area contributed by atoms with Gasteiger partial charge in [-0.25, -0.2) is 0 Å². The van der Waals surface area contributed by atoms with Crippen LogP contribution in [0.1, 0.15) is 29.4 Å². The molecule has 25 heavy (non-hydrogen) atoms. The molecule has 0 saturated heterocycles. The van der Waals surface area contributed by atoms with Crippen molar-refractivity contribution in [2.75, 3.05) is 13.7 Å². The van der Waals surface area contributed by atoms with Crippen molar-refractivity contribution in [3.8, 4) is 17.6 Å². The van der Waals surface area contributed by atoms with Crippen LogP contribution in [-0.2, 0) is 4.79 Å². The zero-order valence-electron chi connectivity index (χ0n) is 13.9. The van der Waals surface area contributed by atoms with Gasteiger partial charge in [0.05, 0.1) is 19.1 Å². The number of nitrogens with zero attached hydrogens (tertiary/aromatic N) is 1. The van der Waals surface area contributed by atoms with Gasteiger partial charge in [-0.3, -0.25) is 9.59 Å². The monoisotopic (exact) mass is 342 g/mol. The lowest BCUT2D eigenvalue weighted by atomic mass is 9.91. The number of rotatable bonds is 6. The number of nitrogens with one attached hydrogen (secondary N) is 1. The van der Waals surface area contributed by atoms with Gasteiger partial charge in [0.1, 0.15) is 18.1 Å². The van der Waals surface area contributed by atoms with Crippen molar-refractivity contribution >= 4 is 5.91 Å². The van der Waals surface area contributed by atoms with Gasteiger partial charge in [-0.1, -0.05) is 12.1 Å². The molecule has 2 aromatic rings. The first-order valence-electron chi connectivity index (χ1n) is 7.57.